The molecule has 0 aromatic heterocycles. The van der Waals surface area contributed by atoms with Crippen molar-refractivity contribution in [1.29, 1.82) is 0 Å². The van der Waals surface area contributed by atoms with Crippen molar-refractivity contribution in [3.8, 4) is 0 Å². The Hall–Kier alpha value is -0.990. The highest BCUT2D eigenvalue weighted by Crippen LogP contribution is 2.09. The summed E-state index contributed by atoms with van der Waals surface area (Å²) < 4.78 is 0. The highest BCUT2D eigenvalue weighted by Gasteiger charge is 2.13. The average Bonchev–Trinajstić information content (AvgIpc) is 2.44. The molecule has 1 saturated heterocycles. The van der Waals surface area contributed by atoms with Gasteiger partial charge in [-0.05, 0) is 26.7 Å². The molecule has 3 heteroatoms. The number of hydrogen-bond acceptors (Lipinski definition) is 1. The van der Waals surface area contributed by atoms with Gasteiger partial charge in [0.1, 0.15) is 0 Å². The van der Waals surface area contributed by atoms with Crippen LogP contribution in [0.5, 0.6) is 0 Å². The smallest absolute Gasteiger partial charge is 0.317 e. The number of urea groups is 1. The Balaban J connectivity index is 2.28. The lowest BCUT2D eigenvalue weighted by molar-refractivity contribution is 0.201. The molecule has 1 heterocycles. The van der Waals surface area contributed by atoms with Gasteiger partial charge < -0.3 is 10.2 Å². The number of hydrogen-bond donors (Lipinski definition) is 1. The van der Waals surface area contributed by atoms with E-state index >= 15 is 0 Å². The number of nitrogens with one attached hydrogen (secondary N) is 1. The molecule has 1 N–H and O–H groups in total. The largest absolute Gasteiger partial charge is 0.335 e. The van der Waals surface area contributed by atoms with Crippen molar-refractivity contribution in [2.24, 2.45) is 0 Å². The SMILES string of the molecule is CC(C)=CCNC(=O)N1CCCCCC1. The minimum atomic E-state index is 0.0920. The van der Waals surface area contributed by atoms with Gasteiger partial charge >= 0.3 is 6.03 Å². The minimum Gasteiger partial charge on any atom is -0.335 e. The number of rotatable bonds is 2. The lowest BCUT2D eigenvalue weighted by atomic mass is 10.2. The molecule has 0 aliphatic carbocycles. The molecule has 0 unspecified atom stereocenters. The van der Waals surface area contributed by atoms with Crippen LogP contribution >= 0.6 is 0 Å². The van der Waals surface area contributed by atoms with E-state index in [0.29, 0.717) is 6.54 Å². The van der Waals surface area contributed by atoms with Crippen molar-refractivity contribution < 1.29 is 4.79 Å². The van der Waals surface area contributed by atoms with Gasteiger partial charge in [-0.3, -0.25) is 0 Å². The van der Waals surface area contributed by atoms with Crippen molar-refractivity contribution in [1.82, 2.24) is 10.2 Å². The van der Waals surface area contributed by atoms with E-state index in [1.807, 2.05) is 24.8 Å². The number of carbonyl (C=O) groups excluding carboxylic acids is 1. The Labute approximate surface area is 92.5 Å². The minimum absolute atomic E-state index is 0.0920. The summed E-state index contributed by atoms with van der Waals surface area (Å²) in [6.45, 7) is 6.56. The summed E-state index contributed by atoms with van der Waals surface area (Å²) in [5, 5.41) is 2.92. The maximum atomic E-state index is 11.7. The summed E-state index contributed by atoms with van der Waals surface area (Å²) in [7, 11) is 0. The normalized spacial score (nSPS) is 16.8. The average molecular weight is 210 g/mol. The second-order valence-corrected chi connectivity index (χ2v) is 4.37. The molecule has 3 nitrogen and oxygen atoms in total. The standard InChI is InChI=1S/C12H22N2O/c1-11(2)7-8-13-12(15)14-9-5-3-4-6-10-14/h7H,3-6,8-10H2,1-2H3,(H,13,15). The second kappa shape index (κ2) is 6.49. The van der Waals surface area contributed by atoms with E-state index < -0.39 is 0 Å². The molecule has 2 amide bonds. The molecule has 0 saturated carbocycles. The van der Waals surface area contributed by atoms with Crippen LogP contribution in [0.2, 0.25) is 0 Å². The molecular formula is C12H22N2O. The van der Waals surface area contributed by atoms with Crippen molar-refractivity contribution in [2.45, 2.75) is 39.5 Å². The van der Waals surface area contributed by atoms with Crippen molar-refractivity contribution in [2.75, 3.05) is 19.6 Å². The quantitative estimate of drug-likeness (QED) is 0.698. The number of nitrogens with zero attached hydrogens (tertiary/aromatic N) is 1. The third kappa shape index (κ3) is 4.86. The summed E-state index contributed by atoms with van der Waals surface area (Å²) in [6, 6.07) is 0.0920. The topological polar surface area (TPSA) is 32.3 Å². The molecule has 0 aromatic rings. The van der Waals surface area contributed by atoms with Crippen LogP contribution in [0.4, 0.5) is 4.79 Å². The Morgan fingerprint density at radius 3 is 2.33 bits per heavy atom. The lowest BCUT2D eigenvalue weighted by Gasteiger charge is -2.20. The fourth-order valence-electron chi connectivity index (χ4n) is 1.73. The van der Waals surface area contributed by atoms with Gasteiger partial charge in [-0.25, -0.2) is 4.79 Å². The van der Waals surface area contributed by atoms with Gasteiger partial charge in [-0.2, -0.15) is 0 Å². The molecule has 0 radical (unpaired) electrons. The van der Waals surface area contributed by atoms with E-state index in [9.17, 15) is 4.79 Å². The lowest BCUT2D eigenvalue weighted by Crippen LogP contribution is -2.40. The number of amides is 2. The zero-order valence-electron chi connectivity index (χ0n) is 9.88. The maximum absolute atomic E-state index is 11.7. The monoisotopic (exact) mass is 210 g/mol. The zero-order chi connectivity index (χ0) is 11.1. The molecule has 0 bridgehead atoms. The number of carbonyl (C=O) groups is 1. The van der Waals surface area contributed by atoms with E-state index in [4.69, 9.17) is 0 Å². The fourth-order valence-corrected chi connectivity index (χ4v) is 1.73. The predicted octanol–water partition coefficient (Wildman–Crippen LogP) is 2.54. The molecule has 0 atom stereocenters. The molecule has 86 valence electrons. The van der Waals surface area contributed by atoms with Gasteiger partial charge in [0.25, 0.3) is 0 Å². The highest BCUT2D eigenvalue weighted by atomic mass is 16.2. The molecule has 1 aliphatic heterocycles. The third-order valence-electron chi connectivity index (χ3n) is 2.66. The van der Waals surface area contributed by atoms with E-state index in [0.717, 1.165) is 25.9 Å². The van der Waals surface area contributed by atoms with Crippen LogP contribution < -0.4 is 5.32 Å². The zero-order valence-corrected chi connectivity index (χ0v) is 9.88. The molecular weight excluding hydrogens is 188 g/mol. The van der Waals surface area contributed by atoms with Crippen LogP contribution in [0.25, 0.3) is 0 Å². The van der Waals surface area contributed by atoms with Crippen molar-refractivity contribution in [3.63, 3.8) is 0 Å². The second-order valence-electron chi connectivity index (χ2n) is 4.37. The summed E-state index contributed by atoms with van der Waals surface area (Å²) in [5.74, 6) is 0. The summed E-state index contributed by atoms with van der Waals surface area (Å²) in [4.78, 5) is 13.7. The van der Waals surface area contributed by atoms with E-state index in [2.05, 4.69) is 5.32 Å². The van der Waals surface area contributed by atoms with Gasteiger partial charge in [0, 0.05) is 19.6 Å². The summed E-state index contributed by atoms with van der Waals surface area (Å²) >= 11 is 0. The molecule has 0 spiro atoms. The first-order valence-electron chi connectivity index (χ1n) is 5.86. The van der Waals surface area contributed by atoms with Gasteiger partial charge in [-0.1, -0.05) is 24.5 Å². The third-order valence-corrected chi connectivity index (χ3v) is 2.66. The molecule has 1 aliphatic rings. The Kier molecular flexibility index (Phi) is 5.22. The fraction of sp³-hybridized carbons (Fsp3) is 0.750. The van der Waals surface area contributed by atoms with Gasteiger partial charge in [0.2, 0.25) is 0 Å². The van der Waals surface area contributed by atoms with E-state index in [1.165, 1.54) is 18.4 Å². The van der Waals surface area contributed by atoms with E-state index in [-0.39, 0.29) is 6.03 Å². The van der Waals surface area contributed by atoms with Gasteiger partial charge in [0.05, 0.1) is 0 Å². The number of likely N-dealkylation sites (tertiary alicyclic amines) is 1. The van der Waals surface area contributed by atoms with Crippen LogP contribution in [0, 0.1) is 0 Å². The first-order chi connectivity index (χ1) is 7.20. The molecule has 15 heavy (non-hydrogen) atoms. The van der Waals surface area contributed by atoms with Crippen LogP contribution in [-0.4, -0.2) is 30.6 Å². The highest BCUT2D eigenvalue weighted by molar-refractivity contribution is 5.74. The Morgan fingerprint density at radius 1 is 1.20 bits per heavy atom. The number of allylic oxidation sites excluding steroid dienone is 1. The predicted molar refractivity (Wildman–Crippen MR) is 62.9 cm³/mol. The van der Waals surface area contributed by atoms with Crippen LogP contribution in [0.15, 0.2) is 11.6 Å². The van der Waals surface area contributed by atoms with Gasteiger partial charge in [0.15, 0.2) is 0 Å². The molecule has 1 rings (SSSR count). The van der Waals surface area contributed by atoms with Crippen molar-refractivity contribution in [3.05, 3.63) is 11.6 Å². The first-order valence-corrected chi connectivity index (χ1v) is 5.86. The van der Waals surface area contributed by atoms with Crippen molar-refractivity contribution >= 4 is 6.03 Å². The molecule has 1 fully saturated rings. The van der Waals surface area contributed by atoms with E-state index in [1.54, 1.807) is 0 Å². The molecule has 0 aromatic carbocycles. The summed E-state index contributed by atoms with van der Waals surface area (Å²) in [5.41, 5.74) is 1.24. The Bertz CT molecular complexity index is 224. The Morgan fingerprint density at radius 2 is 1.80 bits per heavy atom. The van der Waals surface area contributed by atoms with Crippen LogP contribution in [-0.2, 0) is 0 Å². The maximum Gasteiger partial charge on any atom is 0.317 e. The van der Waals surface area contributed by atoms with Crippen LogP contribution in [0.3, 0.4) is 0 Å². The first kappa shape index (κ1) is 12.1. The van der Waals surface area contributed by atoms with Gasteiger partial charge in [-0.15, -0.1) is 0 Å². The summed E-state index contributed by atoms with van der Waals surface area (Å²) in [6.07, 6.45) is 6.86. The van der Waals surface area contributed by atoms with Crippen LogP contribution in [0.1, 0.15) is 39.5 Å².